The lowest BCUT2D eigenvalue weighted by molar-refractivity contribution is -0.134. The van der Waals surface area contributed by atoms with Crippen LogP contribution >= 0.6 is 0 Å². The molecule has 39 heavy (non-hydrogen) atoms. The van der Waals surface area contributed by atoms with Crippen LogP contribution in [0, 0.1) is 17.1 Å². The molecule has 1 saturated heterocycles. The molecule has 1 aromatic heterocycles. The first kappa shape index (κ1) is 27.7. The van der Waals surface area contributed by atoms with Crippen LogP contribution in [0.3, 0.4) is 0 Å². The Hall–Kier alpha value is -4.33. The van der Waals surface area contributed by atoms with E-state index in [0.29, 0.717) is 54.3 Å². The molecule has 3 aromatic rings. The van der Waals surface area contributed by atoms with Crippen LogP contribution in [0.15, 0.2) is 60.7 Å². The maximum atomic E-state index is 13.6. The summed E-state index contributed by atoms with van der Waals surface area (Å²) in [6.45, 7) is 2.50. The first-order valence-corrected chi connectivity index (χ1v) is 12.8. The van der Waals surface area contributed by atoms with Gasteiger partial charge in [0.05, 0.1) is 35.5 Å². The highest BCUT2D eigenvalue weighted by Gasteiger charge is 2.29. The van der Waals surface area contributed by atoms with E-state index in [1.807, 2.05) is 19.2 Å². The third-order valence-corrected chi connectivity index (χ3v) is 6.74. The minimum absolute atomic E-state index is 0.0803. The van der Waals surface area contributed by atoms with E-state index in [9.17, 15) is 19.2 Å². The standard InChI is InChI=1S/C29H32FN7O2/c1-36-13-14-37(27(38)17-32)23(19-36)18-34-29(39)25-9-10-26(24-8-3-2-6-21(24)16-31)35-28(25)33-12-11-20-5-4-7-22(30)15-20/h2-10,15,23H,11-14,17-19,32H2,1H3,(H,33,35)(H,34,39)/t23-/m0/s1. The zero-order chi connectivity index (χ0) is 27.8. The van der Waals surface area contributed by atoms with Crippen molar-refractivity contribution in [3.05, 3.63) is 83.2 Å². The Bertz CT molecular complexity index is 1370. The van der Waals surface area contributed by atoms with Gasteiger partial charge in [0, 0.05) is 38.3 Å². The molecule has 2 amide bonds. The molecule has 0 unspecified atom stereocenters. The summed E-state index contributed by atoms with van der Waals surface area (Å²) in [6, 6.07) is 18.8. The lowest BCUT2D eigenvalue weighted by atomic mass is 10.0. The van der Waals surface area contributed by atoms with Gasteiger partial charge in [0.15, 0.2) is 0 Å². The van der Waals surface area contributed by atoms with E-state index in [0.717, 1.165) is 12.1 Å². The van der Waals surface area contributed by atoms with Crippen molar-refractivity contribution in [1.29, 1.82) is 5.26 Å². The highest BCUT2D eigenvalue weighted by atomic mass is 19.1. The van der Waals surface area contributed by atoms with Crippen molar-refractivity contribution >= 4 is 17.6 Å². The fourth-order valence-corrected chi connectivity index (χ4v) is 4.69. The number of hydrogen-bond donors (Lipinski definition) is 3. The number of nitrogens with two attached hydrogens (primary N) is 1. The number of piperazine rings is 1. The van der Waals surface area contributed by atoms with E-state index in [4.69, 9.17) is 10.7 Å². The number of aromatic nitrogens is 1. The summed E-state index contributed by atoms with van der Waals surface area (Å²) in [5.74, 6) is -0.449. The van der Waals surface area contributed by atoms with Crippen molar-refractivity contribution in [2.24, 2.45) is 5.73 Å². The quantitative estimate of drug-likeness (QED) is 0.388. The maximum Gasteiger partial charge on any atom is 0.255 e. The molecule has 0 spiro atoms. The molecule has 4 N–H and O–H groups in total. The van der Waals surface area contributed by atoms with Gasteiger partial charge in [-0.1, -0.05) is 30.3 Å². The Morgan fingerprint density at radius 1 is 1.15 bits per heavy atom. The molecule has 1 aliphatic heterocycles. The van der Waals surface area contributed by atoms with E-state index in [1.54, 1.807) is 41.3 Å². The van der Waals surface area contributed by atoms with Gasteiger partial charge < -0.3 is 26.2 Å². The molecule has 0 radical (unpaired) electrons. The van der Waals surface area contributed by atoms with Gasteiger partial charge in [-0.25, -0.2) is 9.37 Å². The largest absolute Gasteiger partial charge is 0.369 e. The molecule has 202 valence electrons. The molecule has 0 bridgehead atoms. The molecule has 2 heterocycles. The summed E-state index contributed by atoms with van der Waals surface area (Å²) >= 11 is 0. The first-order chi connectivity index (χ1) is 18.9. The van der Waals surface area contributed by atoms with Crippen LogP contribution in [0.4, 0.5) is 10.2 Å². The normalized spacial score (nSPS) is 15.4. The summed E-state index contributed by atoms with van der Waals surface area (Å²) < 4.78 is 13.6. The molecule has 1 fully saturated rings. The average molecular weight is 530 g/mol. The van der Waals surface area contributed by atoms with E-state index >= 15 is 0 Å². The zero-order valence-electron chi connectivity index (χ0n) is 21.9. The second-order valence-electron chi connectivity index (χ2n) is 9.47. The number of anilines is 1. The van der Waals surface area contributed by atoms with Crippen LogP contribution in [-0.4, -0.2) is 79.0 Å². The fourth-order valence-electron chi connectivity index (χ4n) is 4.69. The first-order valence-electron chi connectivity index (χ1n) is 12.8. The number of nitrogens with one attached hydrogen (secondary N) is 2. The van der Waals surface area contributed by atoms with Crippen LogP contribution < -0.4 is 16.4 Å². The summed E-state index contributed by atoms with van der Waals surface area (Å²) in [6.07, 6.45) is 0.518. The van der Waals surface area contributed by atoms with Gasteiger partial charge >= 0.3 is 0 Å². The highest BCUT2D eigenvalue weighted by Crippen LogP contribution is 2.25. The summed E-state index contributed by atoms with van der Waals surface area (Å²) in [5.41, 5.74) is 8.41. The fraction of sp³-hybridized carbons (Fsp3) is 0.310. The number of likely N-dealkylation sites (N-methyl/N-ethyl adjacent to an activating group) is 1. The van der Waals surface area contributed by atoms with Crippen molar-refractivity contribution in [2.45, 2.75) is 12.5 Å². The van der Waals surface area contributed by atoms with Crippen LogP contribution in [-0.2, 0) is 11.2 Å². The van der Waals surface area contributed by atoms with Gasteiger partial charge in [0.1, 0.15) is 11.6 Å². The topological polar surface area (TPSA) is 127 Å². The molecule has 0 saturated carbocycles. The molecule has 1 aliphatic rings. The van der Waals surface area contributed by atoms with Gasteiger partial charge in [-0.05, 0) is 49.4 Å². The number of halogens is 1. The Kier molecular flexibility index (Phi) is 9.20. The summed E-state index contributed by atoms with van der Waals surface area (Å²) in [5, 5.41) is 15.7. The van der Waals surface area contributed by atoms with E-state index in [1.165, 1.54) is 12.1 Å². The number of rotatable bonds is 9. The SMILES string of the molecule is CN1CCN(C(=O)CN)[C@@H](CNC(=O)c2ccc(-c3ccccc3C#N)nc2NCCc2cccc(F)c2)C1. The smallest absolute Gasteiger partial charge is 0.255 e. The van der Waals surface area contributed by atoms with E-state index in [-0.39, 0.29) is 36.8 Å². The van der Waals surface area contributed by atoms with Crippen LogP contribution in [0.2, 0.25) is 0 Å². The van der Waals surface area contributed by atoms with Gasteiger partial charge in [0.2, 0.25) is 5.91 Å². The highest BCUT2D eigenvalue weighted by molar-refractivity contribution is 5.99. The van der Waals surface area contributed by atoms with Crippen molar-refractivity contribution < 1.29 is 14.0 Å². The molecule has 1 atom stereocenters. The molecule has 2 aromatic carbocycles. The molecule has 0 aliphatic carbocycles. The molecule has 9 nitrogen and oxygen atoms in total. The van der Waals surface area contributed by atoms with Gasteiger partial charge in [-0.3, -0.25) is 9.59 Å². The predicted molar refractivity (Wildman–Crippen MR) is 147 cm³/mol. The van der Waals surface area contributed by atoms with Gasteiger partial charge in [-0.2, -0.15) is 5.26 Å². The molecule has 4 rings (SSSR count). The van der Waals surface area contributed by atoms with Crippen LogP contribution in [0.1, 0.15) is 21.5 Å². The number of benzene rings is 2. The van der Waals surface area contributed by atoms with Crippen LogP contribution in [0.25, 0.3) is 11.3 Å². The Morgan fingerprint density at radius 2 is 1.97 bits per heavy atom. The van der Waals surface area contributed by atoms with E-state index in [2.05, 4.69) is 21.6 Å². The van der Waals surface area contributed by atoms with Gasteiger partial charge in [0.25, 0.3) is 5.91 Å². The average Bonchev–Trinajstić information content (AvgIpc) is 2.95. The molecular weight excluding hydrogens is 497 g/mol. The Morgan fingerprint density at radius 3 is 2.74 bits per heavy atom. The van der Waals surface area contributed by atoms with Crippen molar-refractivity contribution in [3.63, 3.8) is 0 Å². The van der Waals surface area contributed by atoms with Crippen LogP contribution in [0.5, 0.6) is 0 Å². The second-order valence-corrected chi connectivity index (χ2v) is 9.47. The lowest BCUT2D eigenvalue weighted by Crippen LogP contribution is -2.58. The van der Waals surface area contributed by atoms with Crippen molar-refractivity contribution in [3.8, 4) is 17.3 Å². The number of amides is 2. The zero-order valence-corrected chi connectivity index (χ0v) is 21.9. The lowest BCUT2D eigenvalue weighted by Gasteiger charge is -2.40. The minimum Gasteiger partial charge on any atom is -0.369 e. The Balaban J connectivity index is 1.55. The van der Waals surface area contributed by atoms with Crippen molar-refractivity contribution in [1.82, 2.24) is 20.1 Å². The predicted octanol–water partition coefficient (Wildman–Crippen LogP) is 2.25. The number of pyridine rings is 1. The third kappa shape index (κ3) is 6.96. The molecular formula is C29H32FN7O2. The summed E-state index contributed by atoms with van der Waals surface area (Å²) in [4.78, 5) is 34.2. The maximum absolute atomic E-state index is 13.6. The second kappa shape index (κ2) is 13.0. The summed E-state index contributed by atoms with van der Waals surface area (Å²) in [7, 11) is 1.97. The number of hydrogen-bond acceptors (Lipinski definition) is 7. The van der Waals surface area contributed by atoms with Gasteiger partial charge in [-0.15, -0.1) is 0 Å². The number of nitrogens with zero attached hydrogens (tertiary/aromatic N) is 4. The number of nitriles is 1. The minimum atomic E-state index is -0.343. The third-order valence-electron chi connectivity index (χ3n) is 6.74. The monoisotopic (exact) mass is 529 g/mol. The number of carbonyl (C=O) groups is 2. The van der Waals surface area contributed by atoms with Crippen molar-refractivity contribution in [2.75, 3.05) is 51.6 Å². The molecule has 10 heteroatoms. The number of carbonyl (C=O) groups excluding carboxylic acids is 2. The Labute approximate surface area is 227 Å². The van der Waals surface area contributed by atoms with E-state index < -0.39 is 0 Å².